The second-order valence-electron chi connectivity index (χ2n) is 3.00. The molecular weight excluding hydrogens is 212 g/mol. The van der Waals surface area contributed by atoms with E-state index in [9.17, 15) is 8.42 Å². The van der Waals surface area contributed by atoms with Crippen LogP contribution in [0.1, 0.15) is 5.56 Å². The second kappa shape index (κ2) is 4.12. The first-order valence-corrected chi connectivity index (χ1v) is 5.67. The molecule has 0 amide bonds. The molecule has 0 aliphatic rings. The van der Waals surface area contributed by atoms with Crippen LogP contribution in [0.2, 0.25) is 0 Å². The predicted molar refractivity (Wildman–Crippen MR) is 53.4 cm³/mol. The van der Waals surface area contributed by atoms with Crippen molar-refractivity contribution in [2.24, 2.45) is 0 Å². The number of sulfone groups is 1. The topological polar surface area (TPSA) is 81.7 Å². The van der Waals surface area contributed by atoms with Gasteiger partial charge in [0, 0.05) is 0 Å². The Morgan fingerprint density at radius 1 is 1.13 bits per heavy atom. The molecule has 0 radical (unpaired) electrons. The van der Waals surface area contributed by atoms with Crippen LogP contribution in [0.25, 0.3) is 0 Å². The number of benzene rings is 1. The first-order valence-electron chi connectivity index (χ1n) is 4.12. The van der Waals surface area contributed by atoms with E-state index in [1.54, 1.807) is 12.1 Å². The zero-order valence-corrected chi connectivity index (χ0v) is 8.82. The van der Waals surface area contributed by atoms with E-state index in [0.29, 0.717) is 0 Å². The number of nitrogens with zero attached hydrogens (tertiary/aromatic N) is 2. The van der Waals surface area contributed by atoms with Crippen LogP contribution < -0.4 is 0 Å². The van der Waals surface area contributed by atoms with Crippen LogP contribution in [0.3, 0.4) is 0 Å². The zero-order chi connectivity index (χ0) is 11.5. The minimum Gasteiger partial charge on any atom is -0.221 e. The molecule has 76 valence electrons. The van der Waals surface area contributed by atoms with Gasteiger partial charge in [-0.1, -0.05) is 17.7 Å². The molecule has 0 spiro atoms. The van der Waals surface area contributed by atoms with E-state index in [-0.39, 0.29) is 4.90 Å². The van der Waals surface area contributed by atoms with Gasteiger partial charge >= 0.3 is 0 Å². The summed E-state index contributed by atoms with van der Waals surface area (Å²) in [5.41, 5.74) is 0.916. The summed E-state index contributed by atoms with van der Waals surface area (Å²) in [7, 11) is -3.84. The van der Waals surface area contributed by atoms with Crippen molar-refractivity contribution in [3.8, 4) is 12.1 Å². The van der Waals surface area contributed by atoms with E-state index in [1.807, 2.05) is 6.92 Å². The van der Waals surface area contributed by atoms with E-state index in [2.05, 4.69) is 0 Å². The molecule has 15 heavy (non-hydrogen) atoms. The van der Waals surface area contributed by atoms with Gasteiger partial charge in [0.15, 0.2) is 0 Å². The molecular formula is C10H8N2O2S. The number of nitriles is 2. The fraction of sp³-hybridized carbons (Fsp3) is 0.200. The Kier molecular flexibility index (Phi) is 3.08. The van der Waals surface area contributed by atoms with Crippen molar-refractivity contribution in [2.45, 2.75) is 17.1 Å². The molecule has 0 aliphatic heterocycles. The van der Waals surface area contributed by atoms with E-state index in [1.165, 1.54) is 24.3 Å². The minimum atomic E-state index is -3.84. The van der Waals surface area contributed by atoms with Crippen LogP contribution in [0, 0.1) is 29.6 Å². The zero-order valence-electron chi connectivity index (χ0n) is 8.01. The molecule has 0 unspecified atom stereocenters. The van der Waals surface area contributed by atoms with Gasteiger partial charge in [0.25, 0.3) is 0 Å². The van der Waals surface area contributed by atoms with Gasteiger partial charge in [0.05, 0.1) is 17.0 Å². The van der Waals surface area contributed by atoms with Crippen molar-refractivity contribution in [2.75, 3.05) is 0 Å². The molecule has 0 heterocycles. The van der Waals surface area contributed by atoms with Gasteiger partial charge in [-0.25, -0.2) is 8.42 Å². The van der Waals surface area contributed by atoms with Crippen molar-refractivity contribution >= 4 is 9.84 Å². The van der Waals surface area contributed by atoms with Crippen LogP contribution in [0.4, 0.5) is 0 Å². The number of rotatable bonds is 2. The Morgan fingerprint density at radius 3 is 2.00 bits per heavy atom. The maximum Gasteiger partial charge on any atom is 0.237 e. The molecule has 0 atom stereocenters. The third-order valence-corrected chi connectivity index (χ3v) is 3.65. The molecule has 0 N–H and O–H groups in total. The van der Waals surface area contributed by atoms with Crippen molar-refractivity contribution in [3.63, 3.8) is 0 Å². The third-order valence-electron chi connectivity index (χ3n) is 1.89. The molecule has 0 saturated heterocycles. The Bertz CT molecular complexity index is 518. The number of aryl methyl sites for hydroxylation is 1. The minimum absolute atomic E-state index is 0.00111. The summed E-state index contributed by atoms with van der Waals surface area (Å²) in [5, 5.41) is 15.4. The van der Waals surface area contributed by atoms with Crippen LogP contribution in [-0.4, -0.2) is 13.7 Å². The quantitative estimate of drug-likeness (QED) is 0.749. The highest BCUT2D eigenvalue weighted by molar-refractivity contribution is 7.92. The molecule has 0 saturated carbocycles. The Balaban J connectivity index is 3.26. The fourth-order valence-electron chi connectivity index (χ4n) is 1.03. The maximum absolute atomic E-state index is 11.7. The maximum atomic E-state index is 11.7. The largest absolute Gasteiger partial charge is 0.237 e. The lowest BCUT2D eigenvalue weighted by atomic mass is 10.2. The molecule has 0 bridgehead atoms. The third kappa shape index (κ3) is 2.15. The smallest absolute Gasteiger partial charge is 0.221 e. The van der Waals surface area contributed by atoms with Crippen LogP contribution >= 0.6 is 0 Å². The molecule has 5 heteroatoms. The lowest BCUT2D eigenvalue weighted by Crippen LogP contribution is -2.17. The lowest BCUT2D eigenvalue weighted by Gasteiger charge is -2.03. The van der Waals surface area contributed by atoms with Crippen molar-refractivity contribution in [1.29, 1.82) is 10.5 Å². The van der Waals surface area contributed by atoms with Crippen molar-refractivity contribution < 1.29 is 8.42 Å². The van der Waals surface area contributed by atoms with Gasteiger partial charge in [0.1, 0.15) is 0 Å². The van der Waals surface area contributed by atoms with Crippen LogP contribution in [0.5, 0.6) is 0 Å². The van der Waals surface area contributed by atoms with Crippen molar-refractivity contribution in [3.05, 3.63) is 29.8 Å². The predicted octanol–water partition coefficient (Wildman–Crippen LogP) is 1.18. The summed E-state index contributed by atoms with van der Waals surface area (Å²) >= 11 is 0. The van der Waals surface area contributed by atoms with Crippen LogP contribution in [0.15, 0.2) is 29.2 Å². The molecule has 1 rings (SSSR count). The van der Waals surface area contributed by atoms with Gasteiger partial charge < -0.3 is 0 Å². The highest BCUT2D eigenvalue weighted by atomic mass is 32.2. The summed E-state index contributed by atoms with van der Waals surface area (Å²) in [6.07, 6.45) is 0. The molecule has 0 aliphatic carbocycles. The van der Waals surface area contributed by atoms with Gasteiger partial charge in [0.2, 0.25) is 15.1 Å². The number of hydrogen-bond acceptors (Lipinski definition) is 4. The lowest BCUT2D eigenvalue weighted by molar-refractivity contribution is 0.595. The summed E-state index contributed by atoms with van der Waals surface area (Å²) in [6, 6.07) is 8.95. The van der Waals surface area contributed by atoms with E-state index in [4.69, 9.17) is 10.5 Å². The average molecular weight is 220 g/mol. The normalized spacial score (nSPS) is 10.7. The average Bonchev–Trinajstić information content (AvgIpc) is 2.19. The summed E-state index contributed by atoms with van der Waals surface area (Å²) in [5.74, 6) is 0. The molecule has 0 aromatic heterocycles. The Hall–Kier alpha value is -1.85. The Morgan fingerprint density at radius 2 is 1.60 bits per heavy atom. The number of hydrogen-bond donors (Lipinski definition) is 0. The molecule has 1 aromatic carbocycles. The molecule has 4 nitrogen and oxygen atoms in total. The Labute approximate surface area is 88.3 Å². The SMILES string of the molecule is Cc1ccc(S(=O)(=O)C(C#N)C#N)cc1. The highest BCUT2D eigenvalue weighted by Gasteiger charge is 2.26. The van der Waals surface area contributed by atoms with Gasteiger partial charge in [-0.2, -0.15) is 10.5 Å². The summed E-state index contributed by atoms with van der Waals surface area (Å²) in [6.45, 7) is 1.82. The van der Waals surface area contributed by atoms with E-state index in [0.717, 1.165) is 5.56 Å². The summed E-state index contributed by atoms with van der Waals surface area (Å²) in [4.78, 5) is 0.00111. The van der Waals surface area contributed by atoms with E-state index >= 15 is 0 Å². The summed E-state index contributed by atoms with van der Waals surface area (Å²) < 4.78 is 23.3. The molecule has 1 aromatic rings. The van der Waals surface area contributed by atoms with Gasteiger partial charge in [-0.3, -0.25) is 0 Å². The molecule has 0 fully saturated rings. The van der Waals surface area contributed by atoms with E-state index < -0.39 is 15.1 Å². The fourth-order valence-corrected chi connectivity index (χ4v) is 2.10. The highest BCUT2D eigenvalue weighted by Crippen LogP contribution is 2.15. The van der Waals surface area contributed by atoms with Gasteiger partial charge in [-0.05, 0) is 19.1 Å². The first-order chi connectivity index (χ1) is 7.02. The monoisotopic (exact) mass is 220 g/mol. The van der Waals surface area contributed by atoms with Gasteiger partial charge in [-0.15, -0.1) is 0 Å². The second-order valence-corrected chi connectivity index (χ2v) is 5.03. The standard InChI is InChI=1S/C10H8N2O2S/c1-8-2-4-9(5-3-8)15(13,14)10(6-11)7-12/h2-5,10H,1H3. The first kappa shape index (κ1) is 11.2. The van der Waals surface area contributed by atoms with Crippen molar-refractivity contribution in [1.82, 2.24) is 0 Å². The van der Waals surface area contributed by atoms with Crippen LogP contribution in [-0.2, 0) is 9.84 Å².